The highest BCUT2D eigenvalue weighted by Crippen LogP contribution is 2.47. The summed E-state index contributed by atoms with van der Waals surface area (Å²) in [6.07, 6.45) is 1.74. The molecule has 5 rings (SSSR count). The number of thiophene rings is 1. The van der Waals surface area contributed by atoms with Gasteiger partial charge in [0.25, 0.3) is 5.91 Å². The molecule has 6 heteroatoms. The van der Waals surface area contributed by atoms with Crippen LogP contribution in [-0.4, -0.2) is 16.0 Å². The highest BCUT2D eigenvalue weighted by molar-refractivity contribution is 9.10. The number of hydrogen-bond donors (Lipinski definition) is 2. The van der Waals surface area contributed by atoms with Crippen LogP contribution in [0.25, 0.3) is 10.9 Å². The average molecular weight is 439 g/mol. The van der Waals surface area contributed by atoms with E-state index < -0.39 is 5.60 Å². The molecule has 134 valence electrons. The smallest absolute Gasteiger partial charge is 0.268 e. The highest BCUT2D eigenvalue weighted by Gasteiger charge is 2.52. The van der Waals surface area contributed by atoms with Gasteiger partial charge in [-0.25, -0.2) is 0 Å². The van der Waals surface area contributed by atoms with Gasteiger partial charge < -0.3 is 15.0 Å². The van der Waals surface area contributed by atoms with Crippen molar-refractivity contribution < 1.29 is 9.90 Å². The summed E-state index contributed by atoms with van der Waals surface area (Å²) in [5, 5.41) is 14.6. The first kappa shape index (κ1) is 16.7. The standard InChI is InChI=1S/C21H15BrN2O2S/c22-13-7-8-19-16(10-13)21(26,17-11-23-18-6-2-1-5-15(17)18)20(25)24(19)12-14-4-3-9-27-14/h1-11,23,26H,12H2/t21-/m1/s1. The Hall–Kier alpha value is -2.41. The predicted octanol–water partition coefficient (Wildman–Crippen LogP) is 4.77. The molecule has 3 heterocycles. The summed E-state index contributed by atoms with van der Waals surface area (Å²) in [6.45, 7) is 0.440. The molecular weight excluding hydrogens is 424 g/mol. The van der Waals surface area contributed by atoms with Gasteiger partial charge in [0.1, 0.15) is 0 Å². The second kappa shape index (κ2) is 6.05. The monoisotopic (exact) mass is 438 g/mol. The number of H-pyrrole nitrogens is 1. The van der Waals surface area contributed by atoms with Gasteiger partial charge in [0.05, 0.1) is 12.2 Å². The van der Waals surface area contributed by atoms with Gasteiger partial charge in [0.2, 0.25) is 0 Å². The molecule has 4 aromatic rings. The summed E-state index contributed by atoms with van der Waals surface area (Å²) in [7, 11) is 0. The molecule has 0 radical (unpaired) electrons. The molecule has 1 atom stereocenters. The van der Waals surface area contributed by atoms with Crippen LogP contribution in [0.5, 0.6) is 0 Å². The quantitative estimate of drug-likeness (QED) is 0.483. The van der Waals surface area contributed by atoms with E-state index in [9.17, 15) is 9.90 Å². The van der Waals surface area contributed by atoms with E-state index >= 15 is 0 Å². The van der Waals surface area contributed by atoms with Crippen LogP contribution >= 0.6 is 27.3 Å². The van der Waals surface area contributed by atoms with Crippen molar-refractivity contribution in [1.29, 1.82) is 0 Å². The maximum Gasteiger partial charge on any atom is 0.268 e. The van der Waals surface area contributed by atoms with E-state index in [2.05, 4.69) is 20.9 Å². The lowest BCUT2D eigenvalue weighted by Gasteiger charge is -2.23. The fraction of sp³-hybridized carbons (Fsp3) is 0.0952. The molecule has 2 aromatic heterocycles. The van der Waals surface area contributed by atoms with Crippen molar-refractivity contribution in [3.8, 4) is 0 Å². The number of fused-ring (bicyclic) bond motifs is 2. The Kier molecular flexibility index (Phi) is 3.75. The molecule has 0 saturated carbocycles. The molecule has 2 N–H and O–H groups in total. The van der Waals surface area contributed by atoms with Gasteiger partial charge in [-0.15, -0.1) is 11.3 Å². The van der Waals surface area contributed by atoms with E-state index in [1.54, 1.807) is 22.4 Å². The topological polar surface area (TPSA) is 56.3 Å². The van der Waals surface area contributed by atoms with E-state index in [-0.39, 0.29) is 5.91 Å². The molecule has 1 amide bonds. The first-order chi connectivity index (χ1) is 13.1. The number of nitrogens with one attached hydrogen (secondary N) is 1. The van der Waals surface area contributed by atoms with Crippen LogP contribution in [0.1, 0.15) is 16.0 Å². The van der Waals surface area contributed by atoms with Crippen LogP contribution in [0, 0.1) is 0 Å². The van der Waals surface area contributed by atoms with Gasteiger partial charge in [-0.1, -0.05) is 40.2 Å². The molecule has 1 aliphatic heterocycles. The maximum atomic E-state index is 13.5. The van der Waals surface area contributed by atoms with Crippen molar-refractivity contribution >= 4 is 49.8 Å². The van der Waals surface area contributed by atoms with E-state index in [1.165, 1.54) is 0 Å². The van der Waals surface area contributed by atoms with Crippen LogP contribution in [0.4, 0.5) is 5.69 Å². The zero-order chi connectivity index (χ0) is 18.6. The Morgan fingerprint density at radius 2 is 1.96 bits per heavy atom. The molecule has 0 fully saturated rings. The van der Waals surface area contributed by atoms with E-state index in [0.29, 0.717) is 17.7 Å². The molecule has 2 aromatic carbocycles. The van der Waals surface area contributed by atoms with Crippen LogP contribution in [0.2, 0.25) is 0 Å². The summed E-state index contributed by atoms with van der Waals surface area (Å²) >= 11 is 5.08. The normalized spacial score (nSPS) is 19.0. The number of anilines is 1. The maximum absolute atomic E-state index is 13.5. The largest absolute Gasteiger partial charge is 0.372 e. The first-order valence-corrected chi connectivity index (χ1v) is 10.2. The van der Waals surface area contributed by atoms with Gasteiger partial charge in [0, 0.05) is 37.6 Å². The van der Waals surface area contributed by atoms with Crippen molar-refractivity contribution in [2.24, 2.45) is 0 Å². The van der Waals surface area contributed by atoms with Crippen LogP contribution in [0.15, 0.2) is 70.6 Å². The summed E-state index contributed by atoms with van der Waals surface area (Å²) < 4.78 is 0.824. The molecule has 0 aliphatic carbocycles. The summed E-state index contributed by atoms with van der Waals surface area (Å²) in [6, 6.07) is 17.3. The number of nitrogens with zero attached hydrogens (tertiary/aromatic N) is 1. The highest BCUT2D eigenvalue weighted by atomic mass is 79.9. The number of hydrogen-bond acceptors (Lipinski definition) is 3. The lowest BCUT2D eigenvalue weighted by molar-refractivity contribution is -0.132. The number of halogens is 1. The Morgan fingerprint density at radius 1 is 1.11 bits per heavy atom. The van der Waals surface area contributed by atoms with Crippen molar-refractivity contribution in [3.05, 3.63) is 86.7 Å². The Balaban J connectivity index is 1.73. The first-order valence-electron chi connectivity index (χ1n) is 8.52. The van der Waals surface area contributed by atoms with Crippen LogP contribution in [-0.2, 0) is 16.9 Å². The lowest BCUT2D eigenvalue weighted by Crippen LogP contribution is -2.40. The Morgan fingerprint density at radius 3 is 2.78 bits per heavy atom. The van der Waals surface area contributed by atoms with E-state index in [1.807, 2.05) is 60.0 Å². The number of amides is 1. The molecule has 1 aliphatic rings. The summed E-state index contributed by atoms with van der Waals surface area (Å²) in [5.41, 5.74) is 1.08. The van der Waals surface area contributed by atoms with E-state index in [0.717, 1.165) is 25.9 Å². The lowest BCUT2D eigenvalue weighted by atomic mass is 9.87. The van der Waals surface area contributed by atoms with Gasteiger partial charge in [-0.3, -0.25) is 4.79 Å². The van der Waals surface area contributed by atoms with Crippen LogP contribution < -0.4 is 4.90 Å². The number of carbonyl (C=O) groups excluding carboxylic acids is 1. The van der Waals surface area contributed by atoms with Crippen molar-refractivity contribution in [1.82, 2.24) is 4.98 Å². The molecular formula is C21H15BrN2O2S. The number of aliphatic hydroxyl groups is 1. The molecule has 27 heavy (non-hydrogen) atoms. The Labute approximate surface area is 168 Å². The molecule has 0 saturated heterocycles. The number of aromatic nitrogens is 1. The summed E-state index contributed by atoms with van der Waals surface area (Å²) in [5.74, 6) is -0.325. The summed E-state index contributed by atoms with van der Waals surface area (Å²) in [4.78, 5) is 19.4. The fourth-order valence-electron chi connectivity index (χ4n) is 3.80. The van der Waals surface area contributed by atoms with Gasteiger partial charge in [-0.05, 0) is 35.7 Å². The number of para-hydroxylation sites is 1. The number of benzene rings is 2. The second-order valence-electron chi connectivity index (χ2n) is 6.59. The van der Waals surface area contributed by atoms with Crippen LogP contribution in [0.3, 0.4) is 0 Å². The zero-order valence-corrected chi connectivity index (χ0v) is 16.5. The van der Waals surface area contributed by atoms with Gasteiger partial charge in [0.15, 0.2) is 5.60 Å². The zero-order valence-electron chi connectivity index (χ0n) is 14.1. The van der Waals surface area contributed by atoms with Crippen molar-refractivity contribution in [3.63, 3.8) is 0 Å². The van der Waals surface area contributed by atoms with Gasteiger partial charge in [-0.2, -0.15) is 0 Å². The predicted molar refractivity (Wildman–Crippen MR) is 111 cm³/mol. The third-order valence-electron chi connectivity index (χ3n) is 5.07. The third kappa shape index (κ3) is 2.41. The second-order valence-corrected chi connectivity index (χ2v) is 8.54. The minimum absolute atomic E-state index is 0.325. The van der Waals surface area contributed by atoms with Crippen molar-refractivity contribution in [2.75, 3.05) is 4.90 Å². The number of rotatable bonds is 3. The average Bonchev–Trinajstić information content (AvgIpc) is 3.38. The van der Waals surface area contributed by atoms with Gasteiger partial charge >= 0.3 is 0 Å². The third-order valence-corrected chi connectivity index (χ3v) is 6.42. The van der Waals surface area contributed by atoms with Crippen molar-refractivity contribution in [2.45, 2.75) is 12.1 Å². The minimum Gasteiger partial charge on any atom is -0.372 e. The SMILES string of the molecule is O=C1N(Cc2cccs2)c2ccc(Br)cc2[C@@]1(O)c1c[nH]c2ccccc12. The molecule has 0 bridgehead atoms. The number of aromatic amines is 1. The fourth-order valence-corrected chi connectivity index (χ4v) is 4.85. The van der Waals surface area contributed by atoms with E-state index in [4.69, 9.17) is 0 Å². The number of carbonyl (C=O) groups is 1. The minimum atomic E-state index is -1.73. The molecule has 0 unspecified atom stereocenters. The molecule has 0 spiro atoms. The Bertz CT molecular complexity index is 1170. The molecule has 4 nitrogen and oxygen atoms in total.